The maximum absolute atomic E-state index is 13.3. The van der Waals surface area contributed by atoms with Crippen LogP contribution in [0.15, 0.2) is 65.6 Å². The average Bonchev–Trinajstić information content (AvgIpc) is 2.73. The van der Waals surface area contributed by atoms with Crippen molar-refractivity contribution in [2.75, 3.05) is 12.4 Å². The Labute approximate surface area is 187 Å². The van der Waals surface area contributed by atoms with Crippen LogP contribution in [0, 0.1) is 6.92 Å². The van der Waals surface area contributed by atoms with E-state index >= 15 is 0 Å². The van der Waals surface area contributed by atoms with Crippen molar-refractivity contribution in [3.8, 4) is 5.75 Å². The molecule has 8 heteroatoms. The number of thioether (sulfide) groups is 1. The van der Waals surface area contributed by atoms with Gasteiger partial charge in [-0.3, -0.25) is 4.79 Å². The fourth-order valence-electron chi connectivity index (χ4n) is 2.88. The number of amides is 1. The highest BCUT2D eigenvalue weighted by Gasteiger charge is 2.34. The van der Waals surface area contributed by atoms with E-state index in [2.05, 4.69) is 5.32 Å². The summed E-state index contributed by atoms with van der Waals surface area (Å²) in [6, 6.07) is 16.0. The van der Waals surface area contributed by atoms with Crippen molar-refractivity contribution in [1.82, 2.24) is 0 Å². The van der Waals surface area contributed by atoms with Crippen LogP contribution in [0.4, 0.5) is 18.9 Å². The summed E-state index contributed by atoms with van der Waals surface area (Å²) in [5.41, 5.74) is 0.780. The molecule has 1 N–H and O–H groups in total. The molecule has 162 valence electrons. The Hall–Kier alpha value is -2.64. The smallest absolute Gasteiger partial charge is 0.418 e. The van der Waals surface area contributed by atoms with Crippen LogP contribution in [0.3, 0.4) is 0 Å². The number of aryl methyl sites for hydroxylation is 1. The maximum Gasteiger partial charge on any atom is 0.418 e. The molecular weight excluding hydrogens is 447 g/mol. The van der Waals surface area contributed by atoms with E-state index in [1.807, 2.05) is 31.2 Å². The first-order chi connectivity index (χ1) is 14.7. The van der Waals surface area contributed by atoms with E-state index in [9.17, 15) is 18.0 Å². The van der Waals surface area contributed by atoms with Gasteiger partial charge in [0.05, 0.1) is 18.4 Å². The molecule has 0 heterocycles. The van der Waals surface area contributed by atoms with E-state index in [1.165, 1.54) is 19.2 Å². The molecule has 3 aromatic carbocycles. The molecule has 0 radical (unpaired) electrons. The van der Waals surface area contributed by atoms with Gasteiger partial charge < -0.3 is 10.1 Å². The first-order valence-electron chi connectivity index (χ1n) is 9.22. The third-order valence-corrected chi connectivity index (χ3v) is 5.79. The molecule has 31 heavy (non-hydrogen) atoms. The number of alkyl halides is 3. The summed E-state index contributed by atoms with van der Waals surface area (Å²) < 4.78 is 45.3. The Morgan fingerprint density at radius 3 is 2.42 bits per heavy atom. The van der Waals surface area contributed by atoms with Gasteiger partial charge in [0.25, 0.3) is 5.91 Å². The Kier molecular flexibility index (Phi) is 7.18. The van der Waals surface area contributed by atoms with Crippen LogP contribution in [-0.4, -0.2) is 13.0 Å². The second-order valence-corrected chi connectivity index (χ2v) is 8.26. The third kappa shape index (κ3) is 5.95. The molecule has 3 aromatic rings. The predicted octanol–water partition coefficient (Wildman–Crippen LogP) is 7.22. The van der Waals surface area contributed by atoms with Crippen LogP contribution in [0.2, 0.25) is 5.02 Å². The lowest BCUT2D eigenvalue weighted by molar-refractivity contribution is -0.136. The van der Waals surface area contributed by atoms with E-state index in [-0.39, 0.29) is 16.3 Å². The molecule has 1 amide bonds. The molecule has 0 bridgehead atoms. The lowest BCUT2D eigenvalue weighted by Crippen LogP contribution is -2.17. The van der Waals surface area contributed by atoms with Gasteiger partial charge in [-0.25, -0.2) is 0 Å². The van der Waals surface area contributed by atoms with Gasteiger partial charge >= 0.3 is 6.18 Å². The van der Waals surface area contributed by atoms with Crippen LogP contribution in [0.25, 0.3) is 0 Å². The normalized spacial score (nSPS) is 11.3. The van der Waals surface area contributed by atoms with Gasteiger partial charge in [-0.2, -0.15) is 13.2 Å². The molecular formula is C23H19ClF3NO2S. The van der Waals surface area contributed by atoms with Gasteiger partial charge in [0, 0.05) is 26.8 Å². The first kappa shape index (κ1) is 23.0. The predicted molar refractivity (Wildman–Crippen MR) is 118 cm³/mol. The second kappa shape index (κ2) is 9.66. The fourth-order valence-corrected chi connectivity index (χ4v) is 3.93. The zero-order valence-corrected chi connectivity index (χ0v) is 18.3. The van der Waals surface area contributed by atoms with Crippen LogP contribution in [-0.2, 0) is 11.9 Å². The minimum Gasteiger partial charge on any atom is -0.496 e. The zero-order chi connectivity index (χ0) is 22.6. The maximum atomic E-state index is 13.3. The third-order valence-electron chi connectivity index (χ3n) is 4.49. The van der Waals surface area contributed by atoms with Gasteiger partial charge in [0.2, 0.25) is 0 Å². The topological polar surface area (TPSA) is 38.3 Å². The quantitative estimate of drug-likeness (QED) is 0.390. The number of hydrogen-bond donors (Lipinski definition) is 1. The van der Waals surface area contributed by atoms with Crippen LogP contribution in [0.1, 0.15) is 27.0 Å². The average molecular weight is 466 g/mol. The molecule has 0 saturated heterocycles. The molecule has 3 rings (SSSR count). The van der Waals surface area contributed by atoms with Crippen molar-refractivity contribution in [3.63, 3.8) is 0 Å². The first-order valence-corrected chi connectivity index (χ1v) is 10.6. The minimum absolute atomic E-state index is 0.0646. The van der Waals surface area contributed by atoms with E-state index in [1.54, 1.807) is 23.9 Å². The highest BCUT2D eigenvalue weighted by Crippen LogP contribution is 2.37. The van der Waals surface area contributed by atoms with E-state index < -0.39 is 17.6 Å². The van der Waals surface area contributed by atoms with Gasteiger partial charge in [0.1, 0.15) is 5.75 Å². The van der Waals surface area contributed by atoms with Gasteiger partial charge in [-0.15, -0.1) is 11.8 Å². The van der Waals surface area contributed by atoms with E-state index in [0.717, 1.165) is 28.2 Å². The Morgan fingerprint density at radius 1 is 1.06 bits per heavy atom. The van der Waals surface area contributed by atoms with Crippen molar-refractivity contribution < 1.29 is 22.7 Å². The van der Waals surface area contributed by atoms with Crippen molar-refractivity contribution in [2.24, 2.45) is 0 Å². The highest BCUT2D eigenvalue weighted by molar-refractivity contribution is 7.98. The van der Waals surface area contributed by atoms with Crippen LogP contribution in [0.5, 0.6) is 5.75 Å². The molecule has 0 spiro atoms. The standard InChI is InChI=1S/C23H19ClF3NO2S/c1-14-3-7-18(8-4-14)31-13-16-11-15(5-10-21(16)30-2)22(29)28-20-9-6-17(24)12-19(20)23(25,26)27/h3-12H,13H2,1-2H3,(H,28,29). The van der Waals surface area contributed by atoms with Crippen molar-refractivity contribution in [3.05, 3.63) is 87.9 Å². The molecule has 0 atom stereocenters. The monoisotopic (exact) mass is 465 g/mol. The van der Waals surface area contributed by atoms with E-state index in [0.29, 0.717) is 11.5 Å². The Bertz CT molecular complexity index is 1090. The molecule has 0 saturated carbocycles. The number of methoxy groups -OCH3 is 1. The summed E-state index contributed by atoms with van der Waals surface area (Å²) in [6.45, 7) is 2.00. The molecule has 0 aliphatic rings. The number of rotatable bonds is 6. The van der Waals surface area contributed by atoms with Crippen molar-refractivity contribution in [2.45, 2.75) is 23.7 Å². The Morgan fingerprint density at radius 2 is 1.77 bits per heavy atom. The molecule has 3 nitrogen and oxygen atoms in total. The number of nitrogens with one attached hydrogen (secondary N) is 1. The van der Waals surface area contributed by atoms with Gasteiger partial charge in [-0.1, -0.05) is 29.3 Å². The molecule has 0 fully saturated rings. The summed E-state index contributed by atoms with van der Waals surface area (Å²) in [7, 11) is 1.53. The fraction of sp³-hybridized carbons (Fsp3) is 0.174. The number of carbonyl (C=O) groups is 1. The molecule has 0 aliphatic carbocycles. The summed E-state index contributed by atoms with van der Waals surface area (Å²) >= 11 is 7.26. The van der Waals surface area contributed by atoms with Crippen LogP contribution < -0.4 is 10.1 Å². The molecule has 0 unspecified atom stereocenters. The van der Waals surface area contributed by atoms with Gasteiger partial charge in [-0.05, 0) is 55.5 Å². The Balaban J connectivity index is 1.82. The second-order valence-electron chi connectivity index (χ2n) is 6.77. The minimum atomic E-state index is -4.65. The number of carbonyl (C=O) groups excluding carboxylic acids is 1. The largest absolute Gasteiger partial charge is 0.496 e. The number of ether oxygens (including phenoxy) is 1. The van der Waals surface area contributed by atoms with Gasteiger partial charge in [0.15, 0.2) is 0 Å². The van der Waals surface area contributed by atoms with Crippen LogP contribution >= 0.6 is 23.4 Å². The summed E-state index contributed by atoms with van der Waals surface area (Å²) in [5.74, 6) is 0.470. The summed E-state index contributed by atoms with van der Waals surface area (Å²) in [4.78, 5) is 13.7. The highest BCUT2D eigenvalue weighted by atomic mass is 35.5. The van der Waals surface area contributed by atoms with E-state index in [4.69, 9.17) is 16.3 Å². The number of benzene rings is 3. The molecule has 0 aliphatic heterocycles. The number of anilines is 1. The summed E-state index contributed by atoms with van der Waals surface area (Å²) in [6.07, 6.45) is -4.65. The number of halogens is 4. The number of hydrogen-bond acceptors (Lipinski definition) is 3. The summed E-state index contributed by atoms with van der Waals surface area (Å²) in [5, 5.41) is 2.28. The lowest BCUT2D eigenvalue weighted by Gasteiger charge is -2.15. The van der Waals surface area contributed by atoms with Crippen molar-refractivity contribution in [1.29, 1.82) is 0 Å². The molecule has 0 aromatic heterocycles. The zero-order valence-electron chi connectivity index (χ0n) is 16.7. The van der Waals surface area contributed by atoms with Crippen molar-refractivity contribution >= 4 is 35.0 Å². The SMILES string of the molecule is COc1ccc(C(=O)Nc2ccc(Cl)cc2C(F)(F)F)cc1CSc1ccc(C)cc1. The lowest BCUT2D eigenvalue weighted by atomic mass is 10.1.